The fraction of sp³-hybridized carbons (Fsp3) is 0.615. The van der Waals surface area contributed by atoms with Crippen LogP contribution in [0.5, 0.6) is 11.5 Å². The molecule has 0 aromatic heterocycles. The quantitative estimate of drug-likeness (QED) is 0.00815. The van der Waals surface area contributed by atoms with Gasteiger partial charge in [0.25, 0.3) is 5.91 Å². The van der Waals surface area contributed by atoms with Crippen LogP contribution in [-0.2, 0) is 54.0 Å². The standard InChI is InChI=1S/C52H78N8O6Si.C41H62N6O7Si.C11H18N2/c1-33-43-28-39(52(43,6)7)29-44(33)56-50(63)47-46(34(2)61)45(30-54-57-53)66-60(47)31-36-20-17-21-42(48(36)64-11)37-25-38(27-41(26-37)59(10)22-23-65-67(12,13)51(3,4)5)49(62)55-40(32-58(8)9)24-35-18-15-14-16-19-35;1-24-32-20-29(41(32,6)7)21-33(24)44-38(49)36-35(25(2)48)34(22-43-45-42)54-47(36)23-26-13-12-14-31(37(26)52-9)27-17-28(39(50)51)19-30(18-27)46(8)15-16-53-55(10,11)40(3,4)5;1-13(2)9-11(12)8-10-6-4-3-5-7-10/h14-21,25-27,33-34,39-40,43-47,61H,22-24,28-32H2,1-13H3,(H,55,62)(H,56,63);12-14,17-19,24-25,29,32-36,48H,15-16,20-23H2,1-11H3,(H,44,49)(H,50,51);3-7,11H,8-9,12H2,1-2H3/t33-,34-,39+,40-,43-,44-,45-,46+,47-;24-,25-,29+,32-,33-,34-,35+,36-;11-/m000/s1. The minimum absolute atomic E-state index is 0.00161. The number of nitrogens with one attached hydrogen (secondary N) is 3. The Bertz CT molecular complexity index is 5060. The molecule has 2 saturated heterocycles. The van der Waals surface area contributed by atoms with Crippen molar-refractivity contribution >= 4 is 51.7 Å². The maximum absolute atomic E-state index is 14.6. The summed E-state index contributed by atoms with van der Waals surface area (Å²) < 4.78 is 25.3. The molecule has 8 aliphatic rings. The van der Waals surface area contributed by atoms with E-state index in [0.29, 0.717) is 109 Å². The van der Waals surface area contributed by atoms with Crippen molar-refractivity contribution in [3.8, 4) is 33.8 Å². The van der Waals surface area contributed by atoms with Crippen LogP contribution in [0.2, 0.25) is 36.3 Å². The molecule has 0 unspecified atom stereocenters. The summed E-state index contributed by atoms with van der Waals surface area (Å²) in [6, 6.07) is 41.5. The Morgan fingerprint density at radius 1 is 0.570 bits per heavy atom. The number of carbonyl (C=O) groups excluding carboxylic acids is 3. The van der Waals surface area contributed by atoms with Crippen LogP contribution >= 0.6 is 0 Å². The molecule has 6 aliphatic carbocycles. The van der Waals surface area contributed by atoms with Crippen LogP contribution < -0.4 is 41.0 Å². The molecule has 8 fully saturated rings. The molecule has 0 spiro atoms. The number of carbonyl (C=O) groups is 4. The van der Waals surface area contributed by atoms with Crippen molar-refractivity contribution < 1.29 is 62.5 Å². The SMILES string of the molecule is CN(C)C[C@@H](N)Cc1ccccc1.COc1c(CN2O[C@@H](CN=[N+]=[N-])[C@@H]([C@H](C)O)[C@H]2C(=O)N[C@H]2C[C@H]3C[C@@H]([C@@H]2C)C3(C)C)cccc1-c1cc(C(=O)N[C@@H](Cc2ccccc2)CN(C)C)cc(N(C)CCO[Si](C)(C)C(C)(C)C)c1.COc1c(CN2O[C@@H](CN=[N+]=[N-])[C@@H]([C@H](C)O)[C@H]2C(=O)N[C@H]2C[C@H]3C[C@@H]([C@@H]2C)C3(C)C)cccc1-c1cc(C(=O)O)cc(N(C)CCO[Si](C)(C)C(C)(C)C)c1. The first kappa shape index (κ1) is 108. The number of aromatic carboxylic acids is 1. The molecule has 0 radical (unpaired) electrons. The topological polar surface area (TPSA) is 363 Å². The average Bonchev–Trinajstić information content (AvgIpc) is 1.00. The van der Waals surface area contributed by atoms with Crippen LogP contribution in [0.3, 0.4) is 0 Å². The number of aliphatic hydroxyl groups excluding tert-OH is 2. The molecule has 135 heavy (non-hydrogen) atoms. The van der Waals surface area contributed by atoms with Crippen LogP contribution in [0.1, 0.15) is 166 Å². The Morgan fingerprint density at radius 2 is 0.963 bits per heavy atom. The van der Waals surface area contributed by atoms with E-state index >= 15 is 0 Å². The number of rotatable bonds is 39. The van der Waals surface area contributed by atoms with E-state index in [-0.39, 0.29) is 94.5 Å². The number of nitrogens with zero attached hydrogens (tertiary/aromatic N) is 12. The highest BCUT2D eigenvalue weighted by molar-refractivity contribution is 6.74. The summed E-state index contributed by atoms with van der Waals surface area (Å²) in [4.78, 5) is 83.0. The van der Waals surface area contributed by atoms with Crippen molar-refractivity contribution in [3.05, 3.63) is 188 Å². The summed E-state index contributed by atoms with van der Waals surface area (Å²) in [5.74, 6) is 0.770. The highest BCUT2D eigenvalue weighted by Gasteiger charge is 2.60. The first-order valence-corrected chi connectivity index (χ1v) is 54.1. The lowest BCUT2D eigenvalue weighted by atomic mass is 9.45. The van der Waals surface area contributed by atoms with E-state index in [9.17, 15) is 40.0 Å². The number of nitrogens with two attached hydrogens (primary N) is 1. The molecular weight excluding hydrogens is 1740 g/mol. The van der Waals surface area contributed by atoms with Crippen molar-refractivity contribution in [1.29, 1.82) is 0 Å². The van der Waals surface area contributed by atoms with Gasteiger partial charge in [-0.2, -0.15) is 10.1 Å². The number of hydroxylamine groups is 4. The maximum atomic E-state index is 14.6. The number of benzene rings is 6. The third-order valence-electron chi connectivity index (χ3n) is 31.1. The van der Waals surface area contributed by atoms with Crippen molar-refractivity contribution in [2.24, 2.45) is 74.1 Å². The number of anilines is 2. The maximum Gasteiger partial charge on any atom is 0.335 e. The lowest BCUT2D eigenvalue weighted by Crippen LogP contribution is -2.62. The number of fused-ring (bicyclic) bond motifs is 4. The summed E-state index contributed by atoms with van der Waals surface area (Å²) in [6.07, 6.45) is 2.46. The molecule has 14 rings (SSSR count). The molecule has 29 nitrogen and oxygen atoms in total. The number of hydrogen-bond acceptors (Lipinski definition) is 21. The van der Waals surface area contributed by atoms with Gasteiger partial charge in [-0.25, -0.2) is 4.79 Å². The minimum Gasteiger partial charge on any atom is -0.496 e. The molecule has 2 heterocycles. The monoisotopic (exact) mass is 1900 g/mol. The van der Waals surface area contributed by atoms with Gasteiger partial charge in [-0.05, 0) is 233 Å². The van der Waals surface area contributed by atoms with E-state index in [0.717, 1.165) is 59.4 Å². The molecule has 31 heteroatoms. The van der Waals surface area contributed by atoms with Gasteiger partial charge in [0.15, 0.2) is 16.6 Å². The van der Waals surface area contributed by atoms with E-state index in [4.69, 9.17) is 39.3 Å². The van der Waals surface area contributed by atoms with Crippen molar-refractivity contribution in [1.82, 2.24) is 35.9 Å². The van der Waals surface area contributed by atoms with Gasteiger partial charge >= 0.3 is 5.97 Å². The zero-order valence-electron chi connectivity index (χ0n) is 85.3. The second-order valence-electron chi connectivity index (χ2n) is 43.7. The highest BCUT2D eigenvalue weighted by atomic mass is 28.4. The number of aliphatic hydroxyl groups is 2. The zero-order chi connectivity index (χ0) is 99.3. The number of para-hydroxylation sites is 2. The van der Waals surface area contributed by atoms with Gasteiger partial charge in [0.2, 0.25) is 11.8 Å². The van der Waals surface area contributed by atoms with Gasteiger partial charge < -0.3 is 74.9 Å². The predicted molar refractivity (Wildman–Crippen MR) is 542 cm³/mol. The molecule has 4 bridgehead atoms. The van der Waals surface area contributed by atoms with Gasteiger partial charge in [0, 0.05) is 125 Å². The van der Waals surface area contributed by atoms with E-state index in [1.54, 1.807) is 50.3 Å². The van der Waals surface area contributed by atoms with Crippen LogP contribution in [0.15, 0.2) is 144 Å². The van der Waals surface area contributed by atoms with E-state index < -0.39 is 70.9 Å². The second-order valence-corrected chi connectivity index (χ2v) is 53.3. The first-order valence-electron chi connectivity index (χ1n) is 48.3. The van der Waals surface area contributed by atoms with Gasteiger partial charge in [-0.1, -0.05) is 190 Å². The Hall–Kier alpha value is -8.99. The molecule has 8 N–H and O–H groups in total. The highest BCUT2D eigenvalue weighted by Crippen LogP contribution is 2.63. The molecule has 3 amide bonds. The van der Waals surface area contributed by atoms with E-state index in [1.807, 2.05) is 126 Å². The number of carboxylic acid groups (broad SMARTS) is 1. The number of likely N-dealkylation sites (N-methyl/N-ethyl adjacent to an activating group) is 4. The average molecular weight is 1900 g/mol. The predicted octanol–water partition coefficient (Wildman–Crippen LogP) is 17.3. The lowest BCUT2D eigenvalue weighted by Gasteiger charge is -2.62. The van der Waals surface area contributed by atoms with Crippen molar-refractivity contribution in [2.45, 2.75) is 245 Å². The number of methoxy groups -OCH3 is 2. The summed E-state index contributed by atoms with van der Waals surface area (Å²) >= 11 is 0. The fourth-order valence-corrected chi connectivity index (χ4v) is 23.0. The number of amides is 3. The zero-order valence-corrected chi connectivity index (χ0v) is 87.3. The normalized spacial score (nSPS) is 24.3. The van der Waals surface area contributed by atoms with Crippen molar-refractivity contribution in [2.75, 3.05) is 119 Å². The first-order chi connectivity index (χ1) is 63.4. The summed E-state index contributed by atoms with van der Waals surface area (Å²) in [5.41, 5.74) is 33.9. The van der Waals surface area contributed by atoms with Gasteiger partial charge in [-0.15, -0.1) is 0 Å². The van der Waals surface area contributed by atoms with E-state index in [1.165, 1.54) is 18.4 Å². The molecule has 6 saturated carbocycles. The molecular formula is C104H158N16O13Si2. The number of azide groups is 2. The van der Waals surface area contributed by atoms with Gasteiger partial charge in [-0.3, -0.25) is 24.1 Å². The van der Waals surface area contributed by atoms with Gasteiger partial charge in [0.1, 0.15) is 23.6 Å². The summed E-state index contributed by atoms with van der Waals surface area (Å²) in [7, 11) is 11.3. The second kappa shape index (κ2) is 46.2. The third-order valence-corrected chi connectivity index (χ3v) is 40.2. The fourth-order valence-electron chi connectivity index (χ4n) is 20.9. The molecule has 18 atom stereocenters. The van der Waals surface area contributed by atoms with Crippen LogP contribution in [0, 0.1) is 58.2 Å². The number of carboxylic acids is 1. The Labute approximate surface area is 805 Å². The summed E-state index contributed by atoms with van der Waals surface area (Å²) in [6.45, 7) is 43.3. The Kier molecular flexibility index (Phi) is 37.0. The molecule has 740 valence electrons. The number of hydrogen-bond donors (Lipinski definition) is 7. The van der Waals surface area contributed by atoms with Gasteiger partial charge in [0.05, 0.1) is 83.6 Å². The summed E-state index contributed by atoms with van der Waals surface area (Å²) in [5, 5.41) is 53.5. The molecule has 6 aromatic rings. The van der Waals surface area contributed by atoms with Crippen LogP contribution in [0.25, 0.3) is 43.1 Å². The minimum atomic E-state index is -2.00. The van der Waals surface area contributed by atoms with E-state index in [2.05, 4.69) is 202 Å². The molecule has 2 aliphatic heterocycles. The van der Waals surface area contributed by atoms with Crippen molar-refractivity contribution in [3.63, 3.8) is 0 Å². The smallest absolute Gasteiger partial charge is 0.335 e. The van der Waals surface area contributed by atoms with Crippen LogP contribution in [0.4, 0.5) is 11.4 Å². The molecule has 6 aromatic carbocycles. The largest absolute Gasteiger partial charge is 0.496 e. The Balaban J connectivity index is 0.000000249. The number of ether oxygens (including phenoxy) is 2. The third kappa shape index (κ3) is 26.5. The van der Waals surface area contributed by atoms with Crippen LogP contribution in [-0.4, -0.2) is 245 Å². The lowest BCUT2D eigenvalue weighted by molar-refractivity contribution is -0.176. The Morgan fingerprint density at radius 3 is 1.32 bits per heavy atom.